The highest BCUT2D eigenvalue weighted by atomic mass is 16.4. The maximum absolute atomic E-state index is 12.2. The Kier molecular flexibility index (Phi) is 2.34. The van der Waals surface area contributed by atoms with Crippen molar-refractivity contribution in [2.45, 2.75) is 13.5 Å². The molecule has 0 bridgehead atoms. The van der Waals surface area contributed by atoms with Gasteiger partial charge in [-0.3, -0.25) is 9.20 Å². The third-order valence-corrected chi connectivity index (χ3v) is 2.97. The van der Waals surface area contributed by atoms with Crippen molar-refractivity contribution in [1.29, 1.82) is 0 Å². The van der Waals surface area contributed by atoms with Gasteiger partial charge in [-0.1, -0.05) is 0 Å². The second kappa shape index (κ2) is 3.91. The second-order valence-electron chi connectivity index (χ2n) is 4.07. The number of carboxylic acid groups (broad SMARTS) is 1. The van der Waals surface area contributed by atoms with Gasteiger partial charge in [0, 0.05) is 12.7 Å². The van der Waals surface area contributed by atoms with Crippen molar-refractivity contribution >= 4 is 22.8 Å². The van der Waals surface area contributed by atoms with Crippen LogP contribution in [0.3, 0.4) is 0 Å². The monoisotopic (exact) mass is 258 g/mol. The maximum Gasteiger partial charge on any atom is 0.335 e. The predicted molar refractivity (Wildman–Crippen MR) is 67.4 cm³/mol. The Hall–Kier alpha value is -2.70. The number of fused-ring (bicyclic) bond motifs is 2. The fraction of sp³-hybridized carbons (Fsp3) is 0.167. The third-order valence-electron chi connectivity index (χ3n) is 2.97. The molecule has 96 valence electrons. The van der Waals surface area contributed by atoms with Crippen LogP contribution in [0, 0.1) is 0 Å². The summed E-state index contributed by atoms with van der Waals surface area (Å²) in [5.41, 5.74) is 0.836. The molecule has 0 fully saturated rings. The van der Waals surface area contributed by atoms with E-state index >= 15 is 0 Å². The molecule has 7 nitrogen and oxygen atoms in total. The molecule has 0 aliphatic heterocycles. The molecule has 0 radical (unpaired) electrons. The normalized spacial score (nSPS) is 11.2. The van der Waals surface area contributed by atoms with Gasteiger partial charge in [0.25, 0.3) is 5.56 Å². The summed E-state index contributed by atoms with van der Waals surface area (Å²) in [5, 5.41) is 8.95. The fourth-order valence-corrected chi connectivity index (χ4v) is 1.98. The summed E-state index contributed by atoms with van der Waals surface area (Å²) in [5.74, 6) is -1.05. The van der Waals surface area contributed by atoms with Gasteiger partial charge in [-0.25, -0.2) is 14.8 Å². The van der Waals surface area contributed by atoms with E-state index in [0.29, 0.717) is 17.8 Å². The van der Waals surface area contributed by atoms with E-state index < -0.39 is 5.97 Å². The lowest BCUT2D eigenvalue weighted by molar-refractivity contribution is 0.0697. The molecule has 3 aromatic heterocycles. The number of aryl methyl sites for hydroxylation is 1. The van der Waals surface area contributed by atoms with E-state index in [2.05, 4.69) is 9.97 Å². The third kappa shape index (κ3) is 1.59. The van der Waals surface area contributed by atoms with Gasteiger partial charge in [0.05, 0.1) is 11.9 Å². The predicted octanol–water partition coefficient (Wildman–Crippen LogP) is 0.762. The zero-order valence-electron chi connectivity index (χ0n) is 10.1. The minimum atomic E-state index is -1.05. The second-order valence-corrected chi connectivity index (χ2v) is 4.07. The Morgan fingerprint density at radius 3 is 2.95 bits per heavy atom. The lowest BCUT2D eigenvalue weighted by atomic mass is 10.2. The summed E-state index contributed by atoms with van der Waals surface area (Å²) >= 11 is 0. The molecule has 0 amide bonds. The van der Waals surface area contributed by atoms with Gasteiger partial charge in [0.1, 0.15) is 5.65 Å². The highest BCUT2D eigenvalue weighted by Gasteiger charge is 2.12. The molecule has 0 unspecified atom stereocenters. The van der Waals surface area contributed by atoms with E-state index in [0.717, 1.165) is 0 Å². The van der Waals surface area contributed by atoms with Gasteiger partial charge >= 0.3 is 5.97 Å². The fourth-order valence-electron chi connectivity index (χ4n) is 1.98. The molecule has 0 aliphatic rings. The van der Waals surface area contributed by atoms with Gasteiger partial charge in [0.15, 0.2) is 11.2 Å². The Labute approximate surface area is 106 Å². The first kappa shape index (κ1) is 11.4. The van der Waals surface area contributed by atoms with Gasteiger partial charge < -0.3 is 9.67 Å². The Balaban J connectivity index is 2.45. The molecule has 0 aromatic carbocycles. The lowest BCUT2D eigenvalue weighted by Gasteiger charge is -2.03. The standard InChI is InChI=1S/C12H10N4O3/c1-2-15-6-13-9-10(15)14-8-5-7(12(18)19)3-4-16(8)11(9)17/h3-6H,2H2,1H3,(H,18,19). The van der Waals surface area contributed by atoms with E-state index in [4.69, 9.17) is 5.11 Å². The summed E-state index contributed by atoms with van der Waals surface area (Å²) < 4.78 is 3.03. The number of aromatic nitrogens is 4. The Morgan fingerprint density at radius 2 is 2.26 bits per heavy atom. The van der Waals surface area contributed by atoms with E-state index in [1.807, 2.05) is 6.92 Å². The molecular formula is C12H10N4O3. The zero-order valence-corrected chi connectivity index (χ0v) is 10.1. The first-order valence-electron chi connectivity index (χ1n) is 5.72. The number of carboxylic acids is 1. The summed E-state index contributed by atoms with van der Waals surface area (Å²) in [4.78, 5) is 31.5. The molecule has 1 N–H and O–H groups in total. The van der Waals surface area contributed by atoms with Crippen LogP contribution in [0.4, 0.5) is 0 Å². The Bertz CT molecular complexity index is 862. The van der Waals surface area contributed by atoms with Crippen molar-refractivity contribution < 1.29 is 9.90 Å². The van der Waals surface area contributed by atoms with Crippen molar-refractivity contribution in [2.75, 3.05) is 0 Å². The highest BCUT2D eigenvalue weighted by molar-refractivity contribution is 5.89. The van der Waals surface area contributed by atoms with Crippen LogP contribution in [0.15, 0.2) is 29.5 Å². The zero-order chi connectivity index (χ0) is 13.6. The van der Waals surface area contributed by atoms with Crippen molar-refractivity contribution in [1.82, 2.24) is 18.9 Å². The molecule has 0 spiro atoms. The smallest absolute Gasteiger partial charge is 0.335 e. The molecule has 3 rings (SSSR count). The summed E-state index contributed by atoms with van der Waals surface area (Å²) in [7, 11) is 0. The molecule has 0 aliphatic carbocycles. The van der Waals surface area contributed by atoms with Crippen LogP contribution in [0.25, 0.3) is 16.8 Å². The van der Waals surface area contributed by atoms with E-state index in [9.17, 15) is 9.59 Å². The van der Waals surface area contributed by atoms with Crippen LogP contribution >= 0.6 is 0 Å². The van der Waals surface area contributed by atoms with Crippen molar-refractivity contribution in [3.8, 4) is 0 Å². The number of nitrogens with zero attached hydrogens (tertiary/aromatic N) is 4. The van der Waals surface area contributed by atoms with Crippen LogP contribution in [-0.2, 0) is 6.54 Å². The van der Waals surface area contributed by atoms with E-state index in [-0.39, 0.29) is 16.6 Å². The molecule has 0 saturated heterocycles. The van der Waals surface area contributed by atoms with Crippen LogP contribution in [0.1, 0.15) is 17.3 Å². The first-order valence-corrected chi connectivity index (χ1v) is 5.72. The molecule has 0 saturated carbocycles. The Morgan fingerprint density at radius 1 is 1.47 bits per heavy atom. The number of hydrogen-bond donors (Lipinski definition) is 1. The quantitative estimate of drug-likeness (QED) is 0.733. The number of carbonyl (C=O) groups is 1. The van der Waals surface area contributed by atoms with Crippen LogP contribution in [0.5, 0.6) is 0 Å². The number of aromatic carboxylic acids is 1. The topological polar surface area (TPSA) is 89.5 Å². The van der Waals surface area contributed by atoms with Gasteiger partial charge in [-0.05, 0) is 19.1 Å². The SMILES string of the molecule is CCn1cnc2c(=O)n3ccc(C(=O)O)cc3nc21. The van der Waals surface area contributed by atoms with Crippen molar-refractivity contribution in [3.05, 3.63) is 40.6 Å². The van der Waals surface area contributed by atoms with Crippen molar-refractivity contribution in [3.63, 3.8) is 0 Å². The average Bonchev–Trinajstić information content (AvgIpc) is 2.81. The summed E-state index contributed by atoms with van der Waals surface area (Å²) in [6.07, 6.45) is 2.95. The van der Waals surface area contributed by atoms with Gasteiger partial charge in [0.2, 0.25) is 0 Å². The number of hydrogen-bond acceptors (Lipinski definition) is 4. The molecule has 3 heterocycles. The minimum Gasteiger partial charge on any atom is -0.478 e. The molecule has 7 heteroatoms. The molecule has 0 atom stereocenters. The van der Waals surface area contributed by atoms with Crippen LogP contribution in [-0.4, -0.2) is 30.0 Å². The van der Waals surface area contributed by atoms with Gasteiger partial charge in [-0.2, -0.15) is 0 Å². The first-order chi connectivity index (χ1) is 9.11. The van der Waals surface area contributed by atoms with E-state index in [1.54, 1.807) is 10.9 Å². The van der Waals surface area contributed by atoms with Gasteiger partial charge in [-0.15, -0.1) is 0 Å². The summed E-state index contributed by atoms with van der Waals surface area (Å²) in [6, 6.07) is 2.73. The lowest BCUT2D eigenvalue weighted by Crippen LogP contribution is -2.16. The number of pyridine rings is 1. The van der Waals surface area contributed by atoms with Crippen LogP contribution < -0.4 is 5.56 Å². The molecule has 3 aromatic rings. The average molecular weight is 258 g/mol. The van der Waals surface area contributed by atoms with Crippen LogP contribution in [0.2, 0.25) is 0 Å². The largest absolute Gasteiger partial charge is 0.478 e. The number of rotatable bonds is 2. The van der Waals surface area contributed by atoms with E-state index in [1.165, 1.54) is 22.7 Å². The minimum absolute atomic E-state index is 0.0915. The molecular weight excluding hydrogens is 248 g/mol. The van der Waals surface area contributed by atoms with Crippen molar-refractivity contribution in [2.24, 2.45) is 0 Å². The summed E-state index contributed by atoms with van der Waals surface area (Å²) in [6.45, 7) is 2.55. The maximum atomic E-state index is 12.2. The highest BCUT2D eigenvalue weighted by Crippen LogP contribution is 2.10. The molecule has 19 heavy (non-hydrogen) atoms. The number of imidazole rings is 1.